The van der Waals surface area contributed by atoms with Crippen molar-refractivity contribution in [3.05, 3.63) is 99.1 Å². The number of nitrogens with zero attached hydrogens (tertiary/aromatic N) is 2. The minimum Gasteiger partial charge on any atom is -0.497 e. The standard InChI is InChI=1S/C24H23N3O5/c1-14-12-18-20(23(28)27(14)13-15-8-10-26-11-9-15)19(16-4-6-17(30-2)7-5-16)21(22(25)32-18)24(29)31-3/h4-12,19H,13,25H2,1-3H3/t19-/m0/s1. The number of carbonyl (C=O) groups is 1. The fourth-order valence-electron chi connectivity index (χ4n) is 3.89. The van der Waals surface area contributed by atoms with E-state index < -0.39 is 11.9 Å². The molecule has 1 aliphatic heterocycles. The number of fused-ring (bicyclic) bond motifs is 1. The summed E-state index contributed by atoms with van der Waals surface area (Å²) in [5.74, 6) is -0.527. The van der Waals surface area contributed by atoms with Crippen LogP contribution in [0.1, 0.15) is 28.3 Å². The minimum atomic E-state index is -0.756. The molecular weight excluding hydrogens is 410 g/mol. The maximum Gasteiger partial charge on any atom is 0.340 e. The maximum atomic E-state index is 13.7. The first-order chi connectivity index (χ1) is 15.4. The van der Waals surface area contributed by atoms with Gasteiger partial charge >= 0.3 is 5.97 Å². The molecule has 0 spiro atoms. The maximum absolute atomic E-state index is 13.7. The van der Waals surface area contributed by atoms with Gasteiger partial charge in [0.2, 0.25) is 5.88 Å². The number of aryl methyl sites for hydroxylation is 1. The Labute approximate surface area is 184 Å². The molecule has 0 radical (unpaired) electrons. The van der Waals surface area contributed by atoms with Crippen molar-refractivity contribution in [3.63, 3.8) is 0 Å². The zero-order valence-electron chi connectivity index (χ0n) is 18.0. The smallest absolute Gasteiger partial charge is 0.340 e. The first-order valence-electron chi connectivity index (χ1n) is 9.97. The summed E-state index contributed by atoms with van der Waals surface area (Å²) in [5.41, 5.74) is 8.58. The van der Waals surface area contributed by atoms with Crippen molar-refractivity contribution in [2.45, 2.75) is 19.4 Å². The average Bonchev–Trinajstić information content (AvgIpc) is 2.81. The van der Waals surface area contributed by atoms with Crippen molar-refractivity contribution in [2.24, 2.45) is 5.73 Å². The van der Waals surface area contributed by atoms with Crippen LogP contribution in [-0.2, 0) is 16.1 Å². The second-order valence-corrected chi connectivity index (χ2v) is 7.39. The second-order valence-electron chi connectivity index (χ2n) is 7.39. The van der Waals surface area contributed by atoms with Crippen LogP contribution in [-0.4, -0.2) is 29.7 Å². The Bertz CT molecular complexity index is 1250. The van der Waals surface area contributed by atoms with Crippen molar-refractivity contribution in [3.8, 4) is 11.5 Å². The van der Waals surface area contributed by atoms with E-state index in [2.05, 4.69) is 4.98 Å². The third kappa shape index (κ3) is 3.71. The molecule has 0 aliphatic carbocycles. The number of hydrogen-bond acceptors (Lipinski definition) is 7. The lowest BCUT2D eigenvalue weighted by atomic mass is 9.83. The Balaban J connectivity index is 1.93. The molecule has 4 rings (SSSR count). The van der Waals surface area contributed by atoms with Crippen molar-refractivity contribution in [1.29, 1.82) is 0 Å². The van der Waals surface area contributed by atoms with E-state index in [-0.39, 0.29) is 17.0 Å². The number of carbonyl (C=O) groups excluding carboxylic acids is 1. The van der Waals surface area contributed by atoms with Gasteiger partial charge < -0.3 is 24.5 Å². The number of benzene rings is 1. The molecule has 1 atom stereocenters. The van der Waals surface area contributed by atoms with Crippen molar-refractivity contribution in [1.82, 2.24) is 9.55 Å². The Morgan fingerprint density at radius 2 is 1.84 bits per heavy atom. The van der Waals surface area contributed by atoms with Gasteiger partial charge in [-0.25, -0.2) is 4.79 Å². The zero-order valence-corrected chi connectivity index (χ0v) is 18.0. The van der Waals surface area contributed by atoms with Crippen LogP contribution in [0, 0.1) is 6.92 Å². The number of hydrogen-bond donors (Lipinski definition) is 1. The fourth-order valence-corrected chi connectivity index (χ4v) is 3.89. The molecular formula is C24H23N3O5. The van der Waals surface area contributed by atoms with Crippen LogP contribution in [0.15, 0.2) is 71.1 Å². The lowest BCUT2D eigenvalue weighted by Gasteiger charge is -2.29. The van der Waals surface area contributed by atoms with Gasteiger partial charge in [0.05, 0.1) is 32.2 Å². The summed E-state index contributed by atoms with van der Waals surface area (Å²) >= 11 is 0. The van der Waals surface area contributed by atoms with Gasteiger partial charge in [0.25, 0.3) is 5.56 Å². The van der Waals surface area contributed by atoms with Crippen LogP contribution < -0.4 is 20.8 Å². The lowest BCUT2D eigenvalue weighted by molar-refractivity contribution is -0.136. The molecule has 1 aromatic carbocycles. The van der Waals surface area contributed by atoms with E-state index in [1.54, 1.807) is 54.4 Å². The highest BCUT2D eigenvalue weighted by Gasteiger charge is 2.38. The van der Waals surface area contributed by atoms with E-state index in [1.807, 2.05) is 19.1 Å². The summed E-state index contributed by atoms with van der Waals surface area (Å²) in [7, 11) is 2.83. The van der Waals surface area contributed by atoms with E-state index >= 15 is 0 Å². The molecule has 32 heavy (non-hydrogen) atoms. The van der Waals surface area contributed by atoms with Gasteiger partial charge in [-0.05, 0) is 42.3 Å². The number of nitrogens with two attached hydrogens (primary N) is 1. The summed E-state index contributed by atoms with van der Waals surface area (Å²) in [6.07, 6.45) is 3.35. The third-order valence-corrected chi connectivity index (χ3v) is 5.51. The number of methoxy groups -OCH3 is 2. The van der Waals surface area contributed by atoms with Crippen LogP contribution in [0.2, 0.25) is 0 Å². The van der Waals surface area contributed by atoms with Crippen molar-refractivity contribution < 1.29 is 19.0 Å². The van der Waals surface area contributed by atoms with Crippen molar-refractivity contribution in [2.75, 3.05) is 14.2 Å². The molecule has 2 N–H and O–H groups in total. The van der Waals surface area contributed by atoms with Crippen LogP contribution in [0.4, 0.5) is 0 Å². The molecule has 1 aliphatic rings. The second kappa shape index (κ2) is 8.58. The normalized spacial score (nSPS) is 15.0. The summed E-state index contributed by atoms with van der Waals surface area (Å²) < 4.78 is 17.6. The first kappa shape index (κ1) is 21.2. The fraction of sp³-hybridized carbons (Fsp3) is 0.208. The molecule has 0 fully saturated rings. The number of esters is 1. The topological polar surface area (TPSA) is 106 Å². The number of aromatic nitrogens is 2. The van der Waals surface area contributed by atoms with Crippen LogP contribution in [0.3, 0.4) is 0 Å². The van der Waals surface area contributed by atoms with Gasteiger partial charge in [-0.1, -0.05) is 12.1 Å². The molecule has 8 heteroatoms. The van der Waals surface area contributed by atoms with Crippen LogP contribution in [0.5, 0.6) is 11.5 Å². The van der Waals surface area contributed by atoms with Crippen LogP contribution >= 0.6 is 0 Å². The largest absolute Gasteiger partial charge is 0.497 e. The molecule has 2 aromatic heterocycles. The van der Waals surface area contributed by atoms with E-state index in [9.17, 15) is 9.59 Å². The van der Waals surface area contributed by atoms with E-state index in [0.29, 0.717) is 34.9 Å². The third-order valence-electron chi connectivity index (χ3n) is 5.51. The predicted molar refractivity (Wildman–Crippen MR) is 117 cm³/mol. The number of rotatable bonds is 5. The molecule has 8 nitrogen and oxygen atoms in total. The number of pyridine rings is 2. The molecule has 3 aromatic rings. The quantitative estimate of drug-likeness (QED) is 0.616. The Hall–Kier alpha value is -4.07. The SMILES string of the molecule is COC(=O)C1=C(N)Oc2cc(C)n(Cc3ccncc3)c(=O)c2[C@@H]1c1ccc(OC)cc1. The van der Waals surface area contributed by atoms with Gasteiger partial charge in [-0.2, -0.15) is 0 Å². The highest BCUT2D eigenvalue weighted by molar-refractivity contribution is 5.92. The Morgan fingerprint density at radius 1 is 1.16 bits per heavy atom. The molecule has 0 saturated heterocycles. The minimum absolute atomic E-state index is 0.0848. The lowest BCUT2D eigenvalue weighted by Crippen LogP contribution is -2.35. The number of ether oxygens (including phenoxy) is 3. The van der Waals surface area contributed by atoms with Gasteiger partial charge in [0.1, 0.15) is 17.1 Å². The molecule has 0 amide bonds. The van der Waals surface area contributed by atoms with E-state index in [1.165, 1.54) is 7.11 Å². The van der Waals surface area contributed by atoms with E-state index in [0.717, 1.165) is 5.56 Å². The summed E-state index contributed by atoms with van der Waals surface area (Å²) in [4.78, 5) is 30.4. The van der Waals surface area contributed by atoms with Gasteiger partial charge in [0.15, 0.2) is 0 Å². The Morgan fingerprint density at radius 3 is 2.47 bits per heavy atom. The Kier molecular flexibility index (Phi) is 5.68. The first-order valence-corrected chi connectivity index (χ1v) is 9.97. The highest BCUT2D eigenvalue weighted by Crippen LogP contribution is 2.41. The monoisotopic (exact) mass is 433 g/mol. The molecule has 0 bridgehead atoms. The zero-order chi connectivity index (χ0) is 22.8. The van der Waals surface area contributed by atoms with Gasteiger partial charge in [-0.3, -0.25) is 9.78 Å². The summed E-state index contributed by atoms with van der Waals surface area (Å²) in [6, 6.07) is 12.6. The average molecular weight is 433 g/mol. The van der Waals surface area contributed by atoms with Crippen molar-refractivity contribution >= 4 is 5.97 Å². The molecule has 0 unspecified atom stereocenters. The summed E-state index contributed by atoms with van der Waals surface area (Å²) in [5, 5.41) is 0. The molecule has 0 saturated carbocycles. The summed E-state index contributed by atoms with van der Waals surface area (Å²) in [6.45, 7) is 2.17. The van der Waals surface area contributed by atoms with E-state index in [4.69, 9.17) is 19.9 Å². The molecule has 164 valence electrons. The molecule has 3 heterocycles. The predicted octanol–water partition coefficient (Wildman–Crippen LogP) is 2.48. The highest BCUT2D eigenvalue weighted by atomic mass is 16.5. The van der Waals surface area contributed by atoms with Crippen LogP contribution in [0.25, 0.3) is 0 Å². The van der Waals surface area contributed by atoms with Gasteiger partial charge in [-0.15, -0.1) is 0 Å². The van der Waals surface area contributed by atoms with Gasteiger partial charge in [0, 0.05) is 24.2 Å².